The number of aliphatic imine (C=N–C) groups is 1. The molecule has 1 aromatic heterocycles. The van der Waals surface area contributed by atoms with Crippen molar-refractivity contribution in [2.45, 2.75) is 44.0 Å². The van der Waals surface area contributed by atoms with E-state index in [0.717, 1.165) is 44.9 Å². The quantitative estimate of drug-likeness (QED) is 0.505. The van der Waals surface area contributed by atoms with Gasteiger partial charge in [-0.2, -0.15) is 11.8 Å². The normalized spacial score (nSPS) is 20.1. The molecule has 0 spiro atoms. The lowest BCUT2D eigenvalue weighted by Crippen LogP contribution is -2.48. The van der Waals surface area contributed by atoms with Gasteiger partial charge in [0.15, 0.2) is 5.96 Å². The molecule has 3 N–H and O–H groups in total. The van der Waals surface area contributed by atoms with Gasteiger partial charge in [-0.1, -0.05) is 0 Å². The zero-order valence-corrected chi connectivity index (χ0v) is 16.5. The zero-order chi connectivity index (χ0) is 18.3. The Labute approximate surface area is 154 Å². The average Bonchev–Trinajstić information content (AvgIpc) is 3.06. The molecule has 0 aliphatic carbocycles. The predicted octanol–water partition coefficient (Wildman–Crippen LogP) is 2.26. The number of aliphatic hydroxyl groups is 1. The first-order chi connectivity index (χ1) is 11.9. The van der Waals surface area contributed by atoms with Gasteiger partial charge in [-0.25, -0.2) is 4.99 Å². The van der Waals surface area contributed by atoms with E-state index in [2.05, 4.69) is 21.9 Å². The highest BCUT2D eigenvalue weighted by Crippen LogP contribution is 2.33. The molecule has 1 unspecified atom stereocenters. The number of furan rings is 1. The van der Waals surface area contributed by atoms with Crippen molar-refractivity contribution < 1.29 is 14.3 Å². The molecule has 0 aromatic carbocycles. The molecular formula is C18H31N3O3S. The summed E-state index contributed by atoms with van der Waals surface area (Å²) in [6.45, 7) is 9.05. The maximum absolute atomic E-state index is 10.7. The Morgan fingerprint density at radius 2 is 2.08 bits per heavy atom. The number of thioether (sulfide) groups is 1. The fourth-order valence-corrected chi connectivity index (χ4v) is 3.61. The molecule has 1 atom stereocenters. The van der Waals surface area contributed by atoms with Gasteiger partial charge in [0.1, 0.15) is 17.1 Å². The van der Waals surface area contributed by atoms with E-state index in [9.17, 15) is 5.11 Å². The van der Waals surface area contributed by atoms with Crippen LogP contribution in [0.15, 0.2) is 21.5 Å². The summed E-state index contributed by atoms with van der Waals surface area (Å²) in [7, 11) is 0. The van der Waals surface area contributed by atoms with E-state index in [1.165, 1.54) is 0 Å². The van der Waals surface area contributed by atoms with Crippen LogP contribution in [0.2, 0.25) is 0 Å². The molecule has 142 valence electrons. The molecular weight excluding hydrogens is 338 g/mol. The summed E-state index contributed by atoms with van der Waals surface area (Å²) >= 11 is 1.89. The van der Waals surface area contributed by atoms with Crippen LogP contribution in [0, 0.1) is 6.92 Å². The second-order valence-corrected chi connectivity index (χ2v) is 8.01. The first-order valence-electron chi connectivity index (χ1n) is 8.85. The topological polar surface area (TPSA) is 79.0 Å². The Balaban J connectivity index is 2.00. The summed E-state index contributed by atoms with van der Waals surface area (Å²) in [5.41, 5.74) is -1.13. The monoisotopic (exact) mass is 369 g/mol. The zero-order valence-electron chi connectivity index (χ0n) is 15.7. The number of rotatable bonds is 7. The van der Waals surface area contributed by atoms with Gasteiger partial charge in [-0.3, -0.25) is 0 Å². The number of ether oxygens (including phenoxy) is 1. The van der Waals surface area contributed by atoms with Crippen LogP contribution >= 0.6 is 11.8 Å². The van der Waals surface area contributed by atoms with Crippen LogP contribution in [0.25, 0.3) is 0 Å². The summed E-state index contributed by atoms with van der Waals surface area (Å²) in [5.74, 6) is 2.03. The summed E-state index contributed by atoms with van der Waals surface area (Å²) in [6, 6.07) is 3.65. The minimum Gasteiger partial charge on any atom is -0.463 e. The smallest absolute Gasteiger partial charge is 0.191 e. The van der Waals surface area contributed by atoms with Gasteiger partial charge >= 0.3 is 0 Å². The lowest BCUT2D eigenvalue weighted by atomic mass is 9.99. The molecule has 0 radical (unpaired) electrons. The van der Waals surface area contributed by atoms with Gasteiger partial charge in [0.25, 0.3) is 0 Å². The summed E-state index contributed by atoms with van der Waals surface area (Å²) < 4.78 is 11.2. The molecule has 1 aliphatic rings. The van der Waals surface area contributed by atoms with Crippen molar-refractivity contribution in [1.82, 2.24) is 10.6 Å². The Bertz CT molecular complexity index is 566. The number of guanidine groups is 1. The lowest BCUT2D eigenvalue weighted by Gasteiger charge is -2.36. The van der Waals surface area contributed by atoms with E-state index in [1.807, 2.05) is 31.7 Å². The van der Waals surface area contributed by atoms with E-state index in [1.54, 1.807) is 13.0 Å². The Kier molecular flexibility index (Phi) is 7.22. The van der Waals surface area contributed by atoms with Crippen molar-refractivity contribution >= 4 is 17.7 Å². The van der Waals surface area contributed by atoms with Crippen molar-refractivity contribution in [3.8, 4) is 0 Å². The number of aryl methyl sites for hydroxylation is 1. The van der Waals surface area contributed by atoms with Gasteiger partial charge < -0.3 is 24.9 Å². The Morgan fingerprint density at radius 1 is 1.36 bits per heavy atom. The number of hydrogen-bond donors (Lipinski definition) is 3. The number of nitrogens with one attached hydrogen (secondary N) is 2. The number of nitrogens with zero attached hydrogens (tertiary/aromatic N) is 1. The van der Waals surface area contributed by atoms with Gasteiger partial charge in [-0.05, 0) is 52.0 Å². The van der Waals surface area contributed by atoms with E-state index < -0.39 is 5.60 Å². The van der Waals surface area contributed by atoms with Crippen LogP contribution in [-0.2, 0) is 10.3 Å². The van der Waals surface area contributed by atoms with Gasteiger partial charge in [0.05, 0.1) is 6.54 Å². The summed E-state index contributed by atoms with van der Waals surface area (Å²) in [4.78, 5) is 4.56. The third kappa shape index (κ3) is 5.66. The standard InChI is InChI=1S/C18H31N3O3S/c1-5-19-16(21-13-18(25-4)8-10-23-11-9-18)20-12-17(3,22)15-7-6-14(2)24-15/h6-7,22H,5,8-13H2,1-4H3,(H2,19,20,21). The minimum atomic E-state index is -1.13. The molecule has 0 amide bonds. The molecule has 1 aromatic rings. The first kappa shape index (κ1) is 20.1. The maximum atomic E-state index is 10.7. The lowest BCUT2D eigenvalue weighted by molar-refractivity contribution is 0.0428. The third-order valence-electron chi connectivity index (χ3n) is 4.58. The van der Waals surface area contributed by atoms with Gasteiger partial charge in [0, 0.05) is 31.1 Å². The van der Waals surface area contributed by atoms with Crippen molar-refractivity contribution in [2.75, 3.05) is 39.1 Å². The number of hydrogen-bond acceptors (Lipinski definition) is 5. The third-order valence-corrected chi connectivity index (χ3v) is 5.99. The highest BCUT2D eigenvalue weighted by Gasteiger charge is 2.32. The molecule has 2 heterocycles. The first-order valence-corrected chi connectivity index (χ1v) is 10.1. The van der Waals surface area contributed by atoms with Gasteiger partial charge in [0.2, 0.25) is 0 Å². The van der Waals surface area contributed by atoms with E-state index >= 15 is 0 Å². The van der Waals surface area contributed by atoms with Crippen molar-refractivity contribution in [1.29, 1.82) is 0 Å². The van der Waals surface area contributed by atoms with Crippen molar-refractivity contribution in [3.63, 3.8) is 0 Å². The maximum Gasteiger partial charge on any atom is 0.191 e. The summed E-state index contributed by atoms with van der Waals surface area (Å²) in [5, 5.41) is 17.3. The van der Waals surface area contributed by atoms with Crippen LogP contribution in [-0.4, -0.2) is 54.9 Å². The Hall–Kier alpha value is -1.18. The SMILES string of the molecule is CCNC(=NCC(C)(O)c1ccc(C)o1)NCC1(SC)CCOCC1. The van der Waals surface area contributed by atoms with E-state index in [0.29, 0.717) is 11.7 Å². The molecule has 0 bridgehead atoms. The highest BCUT2D eigenvalue weighted by molar-refractivity contribution is 8.00. The Morgan fingerprint density at radius 3 is 2.64 bits per heavy atom. The fourth-order valence-electron chi connectivity index (χ4n) is 2.82. The second kappa shape index (κ2) is 8.96. The molecule has 1 fully saturated rings. The molecule has 7 heteroatoms. The van der Waals surface area contributed by atoms with E-state index in [4.69, 9.17) is 9.15 Å². The van der Waals surface area contributed by atoms with Crippen molar-refractivity contribution in [3.05, 3.63) is 23.7 Å². The molecule has 6 nitrogen and oxygen atoms in total. The molecule has 2 rings (SSSR count). The van der Waals surface area contributed by atoms with Gasteiger partial charge in [-0.15, -0.1) is 0 Å². The molecule has 1 saturated heterocycles. The second-order valence-electron chi connectivity index (χ2n) is 6.73. The largest absolute Gasteiger partial charge is 0.463 e. The fraction of sp³-hybridized carbons (Fsp3) is 0.722. The predicted molar refractivity (Wildman–Crippen MR) is 103 cm³/mol. The van der Waals surface area contributed by atoms with Crippen LogP contribution in [0.3, 0.4) is 0 Å². The van der Waals surface area contributed by atoms with Crippen LogP contribution in [0.1, 0.15) is 38.2 Å². The van der Waals surface area contributed by atoms with Crippen LogP contribution in [0.5, 0.6) is 0 Å². The average molecular weight is 370 g/mol. The molecule has 25 heavy (non-hydrogen) atoms. The molecule has 1 aliphatic heterocycles. The minimum absolute atomic E-state index is 0.176. The van der Waals surface area contributed by atoms with E-state index in [-0.39, 0.29) is 11.3 Å². The van der Waals surface area contributed by atoms with Crippen LogP contribution in [0.4, 0.5) is 0 Å². The molecule has 0 saturated carbocycles. The van der Waals surface area contributed by atoms with Crippen molar-refractivity contribution in [2.24, 2.45) is 4.99 Å². The summed E-state index contributed by atoms with van der Waals surface area (Å²) in [6.07, 6.45) is 4.22. The van der Waals surface area contributed by atoms with Crippen LogP contribution < -0.4 is 10.6 Å². The highest BCUT2D eigenvalue weighted by atomic mass is 32.2.